The molecule has 118 valence electrons. The predicted octanol–water partition coefficient (Wildman–Crippen LogP) is 1.42. The lowest BCUT2D eigenvalue weighted by atomic mass is 10.0. The Morgan fingerprint density at radius 2 is 2.00 bits per heavy atom. The largest absolute Gasteiger partial charge is 0.461 e. The maximum atomic E-state index is 12.0. The van der Waals surface area contributed by atoms with Gasteiger partial charge in [0.25, 0.3) is 0 Å². The van der Waals surface area contributed by atoms with Crippen molar-refractivity contribution in [1.29, 1.82) is 5.41 Å². The quantitative estimate of drug-likeness (QED) is 0.605. The van der Waals surface area contributed by atoms with Crippen LogP contribution in [0, 0.1) is 5.41 Å². The number of esters is 1. The fourth-order valence-corrected chi connectivity index (χ4v) is 1.83. The number of hydrogen-bond donors (Lipinski definition) is 2. The monoisotopic (exact) mass is 297 g/mol. The molecule has 21 heavy (non-hydrogen) atoms. The number of nitrogens with one attached hydrogen (secondary N) is 1. The Bertz CT molecular complexity index is 477. The van der Waals surface area contributed by atoms with Crippen LogP contribution in [0.1, 0.15) is 34.1 Å². The average Bonchev–Trinajstić information content (AvgIpc) is 2.36. The highest BCUT2D eigenvalue weighted by atomic mass is 16.6. The molecule has 1 aliphatic rings. The lowest BCUT2D eigenvalue weighted by molar-refractivity contribution is -0.135. The van der Waals surface area contributed by atoms with Gasteiger partial charge in [-0.25, -0.2) is 9.59 Å². The van der Waals surface area contributed by atoms with Crippen molar-refractivity contribution in [1.82, 2.24) is 4.90 Å². The zero-order valence-corrected chi connectivity index (χ0v) is 13.0. The summed E-state index contributed by atoms with van der Waals surface area (Å²) in [6, 6.07) is 0. The zero-order valence-electron chi connectivity index (χ0n) is 13.0. The smallest absolute Gasteiger partial charge is 0.410 e. The number of rotatable bonds is 3. The molecule has 0 atom stereocenters. The van der Waals surface area contributed by atoms with Crippen LogP contribution >= 0.6 is 0 Å². The number of carbonyl (C=O) groups is 2. The Morgan fingerprint density at radius 1 is 1.38 bits per heavy atom. The fraction of sp³-hybridized carbons (Fsp3) is 0.643. The van der Waals surface area contributed by atoms with E-state index >= 15 is 0 Å². The molecule has 0 bridgehead atoms. The first-order valence-electron chi connectivity index (χ1n) is 6.87. The van der Waals surface area contributed by atoms with Crippen molar-refractivity contribution < 1.29 is 19.1 Å². The lowest BCUT2D eigenvalue weighted by Crippen LogP contribution is -2.43. The van der Waals surface area contributed by atoms with Crippen LogP contribution in [0.15, 0.2) is 11.3 Å². The predicted molar refractivity (Wildman–Crippen MR) is 78.0 cm³/mol. The third kappa shape index (κ3) is 4.77. The first kappa shape index (κ1) is 17.0. The molecule has 0 aromatic rings. The molecule has 0 aliphatic carbocycles. The van der Waals surface area contributed by atoms with Crippen LogP contribution in [-0.2, 0) is 14.3 Å². The molecule has 7 nitrogen and oxygen atoms in total. The van der Waals surface area contributed by atoms with Gasteiger partial charge in [-0.1, -0.05) is 0 Å². The van der Waals surface area contributed by atoms with Crippen molar-refractivity contribution in [3.8, 4) is 0 Å². The lowest BCUT2D eigenvalue weighted by Gasteiger charge is -2.31. The van der Waals surface area contributed by atoms with Crippen LogP contribution < -0.4 is 5.73 Å². The number of nitrogens with zero attached hydrogens (tertiary/aromatic N) is 1. The molecule has 0 saturated carbocycles. The van der Waals surface area contributed by atoms with E-state index in [2.05, 4.69) is 0 Å². The molecule has 1 heterocycles. The summed E-state index contributed by atoms with van der Waals surface area (Å²) in [5.74, 6) is -0.735. The molecule has 1 aliphatic heterocycles. The summed E-state index contributed by atoms with van der Waals surface area (Å²) in [5.41, 5.74) is 5.72. The first-order chi connectivity index (χ1) is 9.65. The van der Waals surface area contributed by atoms with Gasteiger partial charge >= 0.3 is 12.1 Å². The number of carbonyl (C=O) groups excluding carboxylic acids is 2. The van der Waals surface area contributed by atoms with Crippen LogP contribution in [0.3, 0.4) is 0 Å². The fourth-order valence-electron chi connectivity index (χ4n) is 1.83. The first-order valence-corrected chi connectivity index (χ1v) is 6.87. The van der Waals surface area contributed by atoms with Crippen LogP contribution in [0.2, 0.25) is 0 Å². The molecule has 7 heteroatoms. The van der Waals surface area contributed by atoms with Crippen molar-refractivity contribution >= 4 is 17.8 Å². The molecule has 0 saturated heterocycles. The van der Waals surface area contributed by atoms with Crippen LogP contribution in [-0.4, -0.2) is 48.0 Å². The van der Waals surface area contributed by atoms with E-state index < -0.39 is 17.7 Å². The Balaban J connectivity index is 2.81. The van der Waals surface area contributed by atoms with Gasteiger partial charge < -0.3 is 20.1 Å². The van der Waals surface area contributed by atoms with Crippen LogP contribution in [0.5, 0.6) is 0 Å². The number of amides is 1. The van der Waals surface area contributed by atoms with Gasteiger partial charge in [-0.3, -0.25) is 5.41 Å². The summed E-state index contributed by atoms with van der Waals surface area (Å²) in [7, 11) is 0. The summed E-state index contributed by atoms with van der Waals surface area (Å²) in [4.78, 5) is 25.1. The highest BCUT2D eigenvalue weighted by Gasteiger charge is 2.29. The van der Waals surface area contributed by atoms with Crippen molar-refractivity contribution in [2.24, 2.45) is 5.73 Å². The van der Waals surface area contributed by atoms with E-state index in [1.165, 1.54) is 4.90 Å². The van der Waals surface area contributed by atoms with Crippen molar-refractivity contribution in [3.05, 3.63) is 11.3 Å². The number of ether oxygens (including phenoxy) is 2. The summed E-state index contributed by atoms with van der Waals surface area (Å²) in [6.07, 6.45) is -0.0831. The van der Waals surface area contributed by atoms with Gasteiger partial charge in [0.2, 0.25) is 0 Å². The van der Waals surface area contributed by atoms with Gasteiger partial charge in [-0.15, -0.1) is 0 Å². The zero-order chi connectivity index (χ0) is 16.2. The SMILES string of the molecule is CCOC(=O)C(=N)C1=C(N)CCN(C(=O)OC(C)(C)C)C1. The second kappa shape index (κ2) is 6.60. The summed E-state index contributed by atoms with van der Waals surface area (Å²) < 4.78 is 10.1. The molecule has 3 N–H and O–H groups in total. The van der Waals surface area contributed by atoms with E-state index in [4.69, 9.17) is 20.6 Å². The number of hydrogen-bond acceptors (Lipinski definition) is 6. The molecule has 0 aromatic carbocycles. The minimum Gasteiger partial charge on any atom is -0.461 e. The van der Waals surface area contributed by atoms with Gasteiger partial charge in [0.15, 0.2) is 0 Å². The molecule has 0 unspecified atom stereocenters. The van der Waals surface area contributed by atoms with Crippen LogP contribution in [0.4, 0.5) is 4.79 Å². The minimum atomic E-state index is -0.735. The van der Waals surface area contributed by atoms with Crippen molar-refractivity contribution in [2.75, 3.05) is 19.7 Å². The van der Waals surface area contributed by atoms with Gasteiger partial charge in [0.1, 0.15) is 11.3 Å². The van der Waals surface area contributed by atoms with Gasteiger partial charge in [-0.05, 0) is 27.7 Å². The Morgan fingerprint density at radius 3 is 2.52 bits per heavy atom. The van der Waals surface area contributed by atoms with E-state index in [-0.39, 0.29) is 18.9 Å². The van der Waals surface area contributed by atoms with Crippen LogP contribution in [0.25, 0.3) is 0 Å². The maximum absolute atomic E-state index is 12.0. The molecule has 0 spiro atoms. The molecule has 1 rings (SSSR count). The topological polar surface area (TPSA) is 106 Å². The highest BCUT2D eigenvalue weighted by Crippen LogP contribution is 2.18. The second-order valence-corrected chi connectivity index (χ2v) is 5.75. The van der Waals surface area contributed by atoms with Crippen molar-refractivity contribution in [3.63, 3.8) is 0 Å². The third-order valence-corrected chi connectivity index (χ3v) is 2.82. The average molecular weight is 297 g/mol. The summed E-state index contributed by atoms with van der Waals surface area (Å²) in [5, 5.41) is 7.84. The number of nitrogens with two attached hydrogens (primary N) is 1. The molecular weight excluding hydrogens is 274 g/mol. The van der Waals surface area contributed by atoms with Gasteiger partial charge in [0.05, 0.1) is 13.2 Å². The Labute approximate surface area is 124 Å². The van der Waals surface area contributed by atoms with E-state index in [0.29, 0.717) is 24.2 Å². The van der Waals surface area contributed by atoms with E-state index in [0.717, 1.165) is 0 Å². The summed E-state index contributed by atoms with van der Waals surface area (Å²) in [6.45, 7) is 7.67. The molecule has 0 aromatic heterocycles. The maximum Gasteiger partial charge on any atom is 0.410 e. The van der Waals surface area contributed by atoms with E-state index in [1.54, 1.807) is 27.7 Å². The standard InChI is InChI=1S/C14H23N3O4/c1-5-20-12(18)11(16)9-8-17(7-6-10(9)15)13(19)21-14(2,3)4/h16H,5-8,15H2,1-4H3. The molecule has 1 amide bonds. The second-order valence-electron chi connectivity index (χ2n) is 5.75. The normalized spacial score (nSPS) is 15.7. The molecule has 0 radical (unpaired) electrons. The van der Waals surface area contributed by atoms with Crippen molar-refractivity contribution in [2.45, 2.75) is 39.7 Å². The highest BCUT2D eigenvalue weighted by molar-refractivity contribution is 6.42. The van der Waals surface area contributed by atoms with E-state index in [9.17, 15) is 9.59 Å². The minimum absolute atomic E-state index is 0.0817. The van der Waals surface area contributed by atoms with Gasteiger partial charge in [-0.2, -0.15) is 0 Å². The summed E-state index contributed by atoms with van der Waals surface area (Å²) >= 11 is 0. The Hall–Kier alpha value is -2.05. The third-order valence-electron chi connectivity index (χ3n) is 2.82. The molecule has 0 fully saturated rings. The Kier molecular flexibility index (Phi) is 5.34. The molecular formula is C14H23N3O4. The van der Waals surface area contributed by atoms with E-state index in [1.807, 2.05) is 0 Å². The van der Waals surface area contributed by atoms with Gasteiger partial charge in [0, 0.05) is 24.2 Å².